The molecule has 1 saturated carbocycles. The summed E-state index contributed by atoms with van der Waals surface area (Å²) in [4.78, 5) is 14.6. The molecule has 3 heteroatoms. The summed E-state index contributed by atoms with van der Waals surface area (Å²) >= 11 is 0. The van der Waals surface area contributed by atoms with Crippen LogP contribution in [0.1, 0.15) is 52.4 Å². The number of nitrogens with zero attached hydrogens (tertiary/aromatic N) is 1. The van der Waals surface area contributed by atoms with E-state index >= 15 is 0 Å². The summed E-state index contributed by atoms with van der Waals surface area (Å²) < 4.78 is 0. The third-order valence-corrected chi connectivity index (χ3v) is 4.93. The SMILES string of the molecule is CC(C)C1CCN(C(=O)C2CCCCC2N)CC1. The predicted molar refractivity (Wildman–Crippen MR) is 74.1 cm³/mol. The molecule has 0 aromatic rings. The number of carbonyl (C=O) groups is 1. The topological polar surface area (TPSA) is 46.3 Å². The van der Waals surface area contributed by atoms with Gasteiger partial charge in [0, 0.05) is 19.1 Å². The Kier molecular flexibility index (Phi) is 4.66. The molecule has 0 bridgehead atoms. The average Bonchev–Trinajstić information content (AvgIpc) is 2.38. The van der Waals surface area contributed by atoms with Crippen molar-refractivity contribution in [2.75, 3.05) is 13.1 Å². The summed E-state index contributed by atoms with van der Waals surface area (Å²) in [6, 6.07) is 0.106. The number of piperidine rings is 1. The second kappa shape index (κ2) is 6.05. The molecule has 2 aliphatic rings. The second-order valence-corrected chi connectivity index (χ2v) is 6.46. The van der Waals surface area contributed by atoms with Crippen LogP contribution in [-0.4, -0.2) is 29.9 Å². The summed E-state index contributed by atoms with van der Waals surface area (Å²) in [5.74, 6) is 1.99. The first kappa shape index (κ1) is 13.9. The van der Waals surface area contributed by atoms with Crippen molar-refractivity contribution in [3.05, 3.63) is 0 Å². The van der Waals surface area contributed by atoms with Gasteiger partial charge in [0.1, 0.15) is 0 Å². The summed E-state index contributed by atoms with van der Waals surface area (Å²) in [5.41, 5.74) is 6.11. The Morgan fingerprint density at radius 1 is 1.11 bits per heavy atom. The van der Waals surface area contributed by atoms with Crippen LogP contribution >= 0.6 is 0 Å². The first-order valence-electron chi connectivity index (χ1n) is 7.64. The number of rotatable bonds is 2. The fraction of sp³-hybridized carbons (Fsp3) is 0.933. The van der Waals surface area contributed by atoms with E-state index in [1.807, 2.05) is 0 Å². The molecule has 2 N–H and O–H groups in total. The minimum absolute atomic E-state index is 0.106. The van der Waals surface area contributed by atoms with Crippen molar-refractivity contribution in [1.82, 2.24) is 4.90 Å². The van der Waals surface area contributed by atoms with Crippen LogP contribution in [0, 0.1) is 17.8 Å². The molecule has 2 fully saturated rings. The molecule has 1 heterocycles. The Hall–Kier alpha value is -0.570. The van der Waals surface area contributed by atoms with E-state index in [2.05, 4.69) is 18.7 Å². The summed E-state index contributed by atoms with van der Waals surface area (Å²) in [6.45, 7) is 6.48. The molecule has 2 rings (SSSR count). The molecule has 2 unspecified atom stereocenters. The van der Waals surface area contributed by atoms with Crippen molar-refractivity contribution in [3.8, 4) is 0 Å². The van der Waals surface area contributed by atoms with Crippen LogP contribution < -0.4 is 5.73 Å². The molecule has 1 aliphatic heterocycles. The summed E-state index contributed by atoms with van der Waals surface area (Å²) in [6.07, 6.45) is 6.74. The molecule has 3 nitrogen and oxygen atoms in total. The van der Waals surface area contributed by atoms with Gasteiger partial charge in [-0.15, -0.1) is 0 Å². The molecule has 0 aromatic carbocycles. The fourth-order valence-corrected chi connectivity index (χ4v) is 3.49. The van der Waals surface area contributed by atoms with Crippen molar-refractivity contribution < 1.29 is 4.79 Å². The molecule has 104 valence electrons. The van der Waals surface area contributed by atoms with E-state index in [-0.39, 0.29) is 12.0 Å². The lowest BCUT2D eigenvalue weighted by molar-refractivity contribution is -0.138. The zero-order chi connectivity index (χ0) is 13.1. The number of amides is 1. The van der Waals surface area contributed by atoms with Crippen molar-refractivity contribution in [2.24, 2.45) is 23.5 Å². The van der Waals surface area contributed by atoms with Gasteiger partial charge in [0.05, 0.1) is 5.92 Å². The molecule has 0 radical (unpaired) electrons. The van der Waals surface area contributed by atoms with Crippen LogP contribution in [0.3, 0.4) is 0 Å². The van der Waals surface area contributed by atoms with Crippen LogP contribution in [0.4, 0.5) is 0 Å². The Balaban J connectivity index is 1.87. The third-order valence-electron chi connectivity index (χ3n) is 4.93. The summed E-state index contributed by atoms with van der Waals surface area (Å²) in [5, 5.41) is 0. The standard InChI is InChI=1S/C15H28N2O/c1-11(2)12-7-9-17(10-8-12)15(18)13-5-3-4-6-14(13)16/h11-14H,3-10,16H2,1-2H3. The minimum Gasteiger partial charge on any atom is -0.342 e. The maximum absolute atomic E-state index is 12.5. The van der Waals surface area contributed by atoms with Gasteiger partial charge in [0.15, 0.2) is 0 Å². The highest BCUT2D eigenvalue weighted by atomic mass is 16.2. The van der Waals surface area contributed by atoms with Gasteiger partial charge in [-0.1, -0.05) is 26.7 Å². The van der Waals surface area contributed by atoms with Crippen LogP contribution in [0.25, 0.3) is 0 Å². The second-order valence-electron chi connectivity index (χ2n) is 6.46. The molecule has 1 aliphatic carbocycles. The molecular formula is C15H28N2O. The zero-order valence-corrected chi connectivity index (χ0v) is 11.9. The maximum atomic E-state index is 12.5. The molecule has 0 aromatic heterocycles. The number of carbonyl (C=O) groups excluding carboxylic acids is 1. The number of nitrogens with two attached hydrogens (primary N) is 1. The first-order chi connectivity index (χ1) is 8.59. The zero-order valence-electron chi connectivity index (χ0n) is 11.9. The summed E-state index contributed by atoms with van der Waals surface area (Å²) in [7, 11) is 0. The fourth-order valence-electron chi connectivity index (χ4n) is 3.49. The predicted octanol–water partition coefficient (Wildman–Crippen LogP) is 2.40. The van der Waals surface area contributed by atoms with Crippen LogP contribution in [0.2, 0.25) is 0 Å². The van der Waals surface area contributed by atoms with Gasteiger partial charge in [-0.2, -0.15) is 0 Å². The van der Waals surface area contributed by atoms with E-state index < -0.39 is 0 Å². The van der Waals surface area contributed by atoms with Crippen LogP contribution in [0.5, 0.6) is 0 Å². The van der Waals surface area contributed by atoms with Gasteiger partial charge in [-0.3, -0.25) is 4.79 Å². The molecule has 1 amide bonds. The number of hydrogen-bond acceptors (Lipinski definition) is 2. The Morgan fingerprint density at radius 2 is 1.72 bits per heavy atom. The van der Waals surface area contributed by atoms with Crippen molar-refractivity contribution in [1.29, 1.82) is 0 Å². The van der Waals surface area contributed by atoms with Gasteiger partial charge < -0.3 is 10.6 Å². The first-order valence-corrected chi connectivity index (χ1v) is 7.64. The smallest absolute Gasteiger partial charge is 0.227 e. The average molecular weight is 252 g/mol. The molecular weight excluding hydrogens is 224 g/mol. The Morgan fingerprint density at radius 3 is 2.28 bits per heavy atom. The third kappa shape index (κ3) is 3.05. The highest BCUT2D eigenvalue weighted by Crippen LogP contribution is 2.29. The molecule has 2 atom stereocenters. The largest absolute Gasteiger partial charge is 0.342 e. The molecule has 0 spiro atoms. The Labute approximate surface area is 111 Å². The quantitative estimate of drug-likeness (QED) is 0.820. The molecule has 18 heavy (non-hydrogen) atoms. The van der Waals surface area contributed by atoms with Gasteiger partial charge in [0.2, 0.25) is 5.91 Å². The van der Waals surface area contributed by atoms with E-state index in [0.717, 1.165) is 37.8 Å². The van der Waals surface area contributed by atoms with Gasteiger partial charge in [0.25, 0.3) is 0 Å². The Bertz CT molecular complexity index is 282. The normalized spacial score (nSPS) is 30.8. The lowest BCUT2D eigenvalue weighted by Crippen LogP contribution is -2.48. The number of hydrogen-bond donors (Lipinski definition) is 1. The number of likely N-dealkylation sites (tertiary alicyclic amines) is 1. The minimum atomic E-state index is 0.106. The lowest BCUT2D eigenvalue weighted by atomic mass is 9.82. The van der Waals surface area contributed by atoms with E-state index in [1.54, 1.807) is 0 Å². The molecule has 1 saturated heterocycles. The van der Waals surface area contributed by atoms with E-state index in [4.69, 9.17) is 5.73 Å². The van der Waals surface area contributed by atoms with Gasteiger partial charge >= 0.3 is 0 Å². The maximum Gasteiger partial charge on any atom is 0.227 e. The van der Waals surface area contributed by atoms with Crippen molar-refractivity contribution >= 4 is 5.91 Å². The van der Waals surface area contributed by atoms with E-state index in [1.165, 1.54) is 25.7 Å². The monoisotopic (exact) mass is 252 g/mol. The van der Waals surface area contributed by atoms with E-state index in [0.29, 0.717) is 5.91 Å². The van der Waals surface area contributed by atoms with Crippen molar-refractivity contribution in [2.45, 2.75) is 58.4 Å². The van der Waals surface area contributed by atoms with Gasteiger partial charge in [-0.25, -0.2) is 0 Å². The van der Waals surface area contributed by atoms with Crippen LogP contribution in [-0.2, 0) is 4.79 Å². The highest BCUT2D eigenvalue weighted by Gasteiger charge is 2.33. The lowest BCUT2D eigenvalue weighted by Gasteiger charge is -2.38. The van der Waals surface area contributed by atoms with Gasteiger partial charge in [-0.05, 0) is 37.5 Å². The van der Waals surface area contributed by atoms with Crippen LogP contribution in [0.15, 0.2) is 0 Å². The highest BCUT2D eigenvalue weighted by molar-refractivity contribution is 5.79. The van der Waals surface area contributed by atoms with E-state index in [9.17, 15) is 4.79 Å². The van der Waals surface area contributed by atoms with Crippen molar-refractivity contribution in [3.63, 3.8) is 0 Å².